The second-order valence-corrected chi connectivity index (χ2v) is 7.81. The summed E-state index contributed by atoms with van der Waals surface area (Å²) in [7, 11) is 0. The van der Waals surface area contributed by atoms with Crippen LogP contribution in [0.1, 0.15) is 25.3 Å². The molecule has 3 amide bonds. The molecule has 1 aromatic rings. The number of rotatable bonds is 4. The smallest absolute Gasteiger partial charge is 0.269 e. The number of likely N-dealkylation sites (tertiary alicyclic amines) is 1. The summed E-state index contributed by atoms with van der Waals surface area (Å²) < 4.78 is 0. The highest BCUT2D eigenvalue weighted by Gasteiger charge is 2.58. The number of hydrogen-bond acceptors (Lipinski definition) is 5. The second-order valence-electron chi connectivity index (χ2n) is 7.81. The van der Waals surface area contributed by atoms with Crippen LogP contribution in [0.3, 0.4) is 0 Å². The number of carbonyl (C=O) groups is 3. The number of nitro benzene ring substituents is 1. The van der Waals surface area contributed by atoms with Gasteiger partial charge in [-0.1, -0.05) is 12.2 Å². The quantitative estimate of drug-likeness (QED) is 0.372. The minimum atomic E-state index is -0.945. The second kappa shape index (κ2) is 6.54. The number of fused-ring (bicyclic) bond motifs is 1. The number of imide groups is 1. The van der Waals surface area contributed by atoms with Crippen LogP contribution in [0.25, 0.3) is 0 Å². The summed E-state index contributed by atoms with van der Waals surface area (Å²) in [5.74, 6) is -1.58. The topological polar surface area (TPSA) is 110 Å². The summed E-state index contributed by atoms with van der Waals surface area (Å²) in [4.78, 5) is 50.1. The van der Waals surface area contributed by atoms with Crippen LogP contribution >= 0.6 is 0 Å². The number of nitrogens with one attached hydrogen (secondary N) is 1. The average molecular weight is 383 g/mol. The van der Waals surface area contributed by atoms with Crippen molar-refractivity contribution >= 4 is 29.1 Å². The van der Waals surface area contributed by atoms with Crippen molar-refractivity contribution in [1.82, 2.24) is 4.90 Å². The summed E-state index contributed by atoms with van der Waals surface area (Å²) in [6, 6.07) is 3.18. The van der Waals surface area contributed by atoms with E-state index < -0.39 is 16.9 Å². The van der Waals surface area contributed by atoms with Crippen LogP contribution in [0.15, 0.2) is 30.4 Å². The largest absolute Gasteiger partial charge is 0.324 e. The van der Waals surface area contributed by atoms with Crippen molar-refractivity contribution in [2.45, 2.75) is 32.7 Å². The highest BCUT2D eigenvalue weighted by Crippen LogP contribution is 2.50. The Hall–Kier alpha value is -3.03. The fourth-order valence-electron chi connectivity index (χ4n) is 4.74. The standard InChI is InChI=1S/C20H21N3O5/c1-10-9-14(23(27)28)7-8-15(10)21-18(24)11(2)22-19(25)16-12-3-4-13(6-5-12)17(16)20(22)26/h3-4,7-9,11-13,16-17H,5-6H2,1-2H3,(H,21,24)/t11-,12-,13-,16-,17+/m0/s1. The van der Waals surface area contributed by atoms with Gasteiger partial charge in [0.1, 0.15) is 6.04 Å². The molecule has 1 saturated carbocycles. The monoisotopic (exact) mass is 383 g/mol. The third-order valence-electron chi connectivity index (χ3n) is 6.24. The third-order valence-corrected chi connectivity index (χ3v) is 6.24. The summed E-state index contributed by atoms with van der Waals surface area (Å²) in [5.41, 5.74) is 0.880. The molecule has 5 atom stereocenters. The Bertz CT molecular complexity index is 892. The first-order valence-corrected chi connectivity index (χ1v) is 9.40. The lowest BCUT2D eigenvalue weighted by atomic mass is 9.63. The van der Waals surface area contributed by atoms with Gasteiger partial charge in [0.05, 0.1) is 16.8 Å². The summed E-state index contributed by atoms with van der Waals surface area (Å²) >= 11 is 0. The Morgan fingerprint density at radius 3 is 2.21 bits per heavy atom. The van der Waals surface area contributed by atoms with E-state index in [1.807, 2.05) is 12.2 Å². The number of benzene rings is 1. The summed E-state index contributed by atoms with van der Waals surface area (Å²) in [5, 5.41) is 13.5. The van der Waals surface area contributed by atoms with E-state index >= 15 is 0 Å². The molecule has 4 aliphatic rings. The van der Waals surface area contributed by atoms with Crippen molar-refractivity contribution in [2.75, 3.05) is 5.32 Å². The lowest BCUT2D eigenvalue weighted by molar-refractivity contribution is -0.384. The number of nitrogens with zero attached hydrogens (tertiary/aromatic N) is 2. The molecule has 0 aromatic heterocycles. The number of nitro groups is 1. The van der Waals surface area contributed by atoms with Gasteiger partial charge in [0, 0.05) is 17.8 Å². The first-order valence-electron chi connectivity index (χ1n) is 9.40. The maximum absolute atomic E-state index is 12.9. The van der Waals surface area contributed by atoms with Gasteiger partial charge < -0.3 is 5.32 Å². The first kappa shape index (κ1) is 18.3. The minimum Gasteiger partial charge on any atom is -0.324 e. The van der Waals surface area contributed by atoms with E-state index in [4.69, 9.17) is 0 Å². The van der Waals surface area contributed by atoms with Crippen LogP contribution in [0.5, 0.6) is 0 Å². The lowest BCUT2D eigenvalue weighted by Gasteiger charge is -2.38. The molecule has 3 aliphatic carbocycles. The normalized spacial score (nSPS) is 29.0. The number of allylic oxidation sites excluding steroid dienone is 2. The van der Waals surface area contributed by atoms with E-state index in [9.17, 15) is 24.5 Å². The Labute approximate surface area is 161 Å². The average Bonchev–Trinajstić information content (AvgIpc) is 2.96. The SMILES string of the molecule is Cc1cc([N+](=O)[O-])ccc1NC(=O)[C@H](C)N1C(=O)[C@@H]2[C@H](C1=O)[C@H]1C=C[C@H]2CC1. The van der Waals surface area contributed by atoms with Gasteiger partial charge in [0.2, 0.25) is 17.7 Å². The number of amides is 3. The number of aryl methyl sites for hydroxylation is 1. The molecular weight excluding hydrogens is 362 g/mol. The third kappa shape index (κ3) is 2.71. The van der Waals surface area contributed by atoms with E-state index in [0.29, 0.717) is 11.3 Å². The van der Waals surface area contributed by atoms with Crippen LogP contribution in [0.4, 0.5) is 11.4 Å². The Morgan fingerprint density at radius 2 is 1.75 bits per heavy atom. The van der Waals surface area contributed by atoms with Gasteiger partial charge in [0.15, 0.2) is 0 Å². The van der Waals surface area contributed by atoms with Crippen molar-refractivity contribution in [3.05, 3.63) is 46.0 Å². The van der Waals surface area contributed by atoms with Crippen molar-refractivity contribution in [3.63, 3.8) is 0 Å². The molecule has 0 spiro atoms. The molecular formula is C20H21N3O5. The van der Waals surface area contributed by atoms with E-state index in [1.54, 1.807) is 13.8 Å². The van der Waals surface area contributed by atoms with Gasteiger partial charge >= 0.3 is 0 Å². The fourth-order valence-corrected chi connectivity index (χ4v) is 4.74. The highest BCUT2D eigenvalue weighted by molar-refractivity contribution is 6.10. The molecule has 1 aliphatic heterocycles. The molecule has 8 nitrogen and oxygen atoms in total. The van der Waals surface area contributed by atoms with E-state index in [-0.39, 0.29) is 41.2 Å². The van der Waals surface area contributed by atoms with E-state index in [0.717, 1.165) is 17.7 Å². The van der Waals surface area contributed by atoms with Crippen molar-refractivity contribution in [1.29, 1.82) is 0 Å². The maximum Gasteiger partial charge on any atom is 0.269 e. The molecule has 2 fully saturated rings. The zero-order chi connectivity index (χ0) is 20.2. The van der Waals surface area contributed by atoms with Gasteiger partial charge in [0.25, 0.3) is 5.69 Å². The zero-order valence-corrected chi connectivity index (χ0v) is 15.6. The van der Waals surface area contributed by atoms with E-state index in [2.05, 4.69) is 5.32 Å². The van der Waals surface area contributed by atoms with Crippen LogP contribution in [0.2, 0.25) is 0 Å². The summed E-state index contributed by atoms with van der Waals surface area (Å²) in [6.07, 6.45) is 5.87. The van der Waals surface area contributed by atoms with Crippen LogP contribution in [-0.2, 0) is 14.4 Å². The molecule has 1 aromatic carbocycles. The highest BCUT2D eigenvalue weighted by atomic mass is 16.6. The number of non-ortho nitro benzene ring substituents is 1. The molecule has 1 N–H and O–H groups in total. The Balaban J connectivity index is 1.52. The molecule has 28 heavy (non-hydrogen) atoms. The molecule has 0 radical (unpaired) electrons. The Morgan fingerprint density at radius 1 is 1.18 bits per heavy atom. The van der Waals surface area contributed by atoms with Crippen molar-refractivity contribution in [3.8, 4) is 0 Å². The predicted octanol–water partition coefficient (Wildman–Crippen LogP) is 2.43. The van der Waals surface area contributed by atoms with E-state index in [1.165, 1.54) is 18.2 Å². The molecule has 2 bridgehead atoms. The Kier molecular flexibility index (Phi) is 4.28. The number of carbonyl (C=O) groups excluding carboxylic acids is 3. The van der Waals surface area contributed by atoms with Crippen LogP contribution in [0, 0.1) is 40.7 Å². The summed E-state index contributed by atoms with van der Waals surface area (Å²) in [6.45, 7) is 3.19. The predicted molar refractivity (Wildman–Crippen MR) is 100 cm³/mol. The van der Waals surface area contributed by atoms with Crippen LogP contribution < -0.4 is 5.32 Å². The molecule has 1 saturated heterocycles. The molecule has 5 rings (SSSR count). The maximum atomic E-state index is 12.9. The van der Waals surface area contributed by atoms with Gasteiger partial charge in [-0.05, 0) is 50.2 Å². The molecule has 8 heteroatoms. The number of anilines is 1. The van der Waals surface area contributed by atoms with Gasteiger partial charge in [-0.2, -0.15) is 0 Å². The number of hydrogen-bond donors (Lipinski definition) is 1. The molecule has 146 valence electrons. The first-order chi connectivity index (χ1) is 13.3. The molecule has 1 heterocycles. The minimum absolute atomic E-state index is 0.0690. The molecule has 0 unspecified atom stereocenters. The van der Waals surface area contributed by atoms with Gasteiger partial charge in [-0.25, -0.2) is 0 Å². The zero-order valence-electron chi connectivity index (χ0n) is 15.6. The van der Waals surface area contributed by atoms with Crippen LogP contribution in [-0.4, -0.2) is 33.6 Å². The lowest BCUT2D eigenvalue weighted by Crippen LogP contribution is -2.46. The fraction of sp³-hybridized carbons (Fsp3) is 0.450. The van der Waals surface area contributed by atoms with Crippen molar-refractivity contribution < 1.29 is 19.3 Å². The van der Waals surface area contributed by atoms with Crippen molar-refractivity contribution in [2.24, 2.45) is 23.7 Å². The van der Waals surface area contributed by atoms with Gasteiger partial charge in [-0.15, -0.1) is 0 Å². The van der Waals surface area contributed by atoms with Gasteiger partial charge in [-0.3, -0.25) is 29.4 Å².